The van der Waals surface area contributed by atoms with Crippen LogP contribution in [0.1, 0.15) is 34.7 Å². The molecule has 0 spiro atoms. The number of benzene rings is 1. The summed E-state index contributed by atoms with van der Waals surface area (Å²) in [6.07, 6.45) is 0. The van der Waals surface area contributed by atoms with Crippen molar-refractivity contribution >= 4 is 35.0 Å². The van der Waals surface area contributed by atoms with Gasteiger partial charge in [-0.05, 0) is 36.2 Å². The number of halogens is 1. The van der Waals surface area contributed by atoms with E-state index in [2.05, 4.69) is 39.4 Å². The number of anilines is 2. The molecule has 1 aromatic heterocycles. The first-order valence-electron chi connectivity index (χ1n) is 7.67. The normalized spacial score (nSPS) is 10.4. The smallest absolute Gasteiger partial charge is 0.337 e. The van der Waals surface area contributed by atoms with Crippen molar-refractivity contribution in [2.45, 2.75) is 13.8 Å². The predicted molar refractivity (Wildman–Crippen MR) is 96.1 cm³/mol. The molecule has 0 aliphatic carbocycles. The highest BCUT2D eigenvalue weighted by Crippen LogP contribution is 2.24. The van der Waals surface area contributed by atoms with Gasteiger partial charge in [0.15, 0.2) is 5.69 Å². The topological polar surface area (TPSA) is 93.2 Å². The Balaban J connectivity index is 2.10. The largest absolute Gasteiger partial charge is 0.465 e. The van der Waals surface area contributed by atoms with Gasteiger partial charge in [-0.15, -0.1) is 10.2 Å². The Kier molecular flexibility index (Phi) is 6.30. The summed E-state index contributed by atoms with van der Waals surface area (Å²) >= 11 is 6.06. The number of methoxy groups -OCH3 is 1. The molecule has 25 heavy (non-hydrogen) atoms. The molecule has 0 fully saturated rings. The molecule has 2 N–H and O–H groups in total. The van der Waals surface area contributed by atoms with Crippen molar-refractivity contribution in [3.63, 3.8) is 0 Å². The van der Waals surface area contributed by atoms with Gasteiger partial charge < -0.3 is 15.4 Å². The van der Waals surface area contributed by atoms with Crippen LogP contribution in [0.4, 0.5) is 11.5 Å². The maximum absolute atomic E-state index is 12.3. The number of rotatable bonds is 6. The summed E-state index contributed by atoms with van der Waals surface area (Å²) in [6, 6.07) is 7.70. The summed E-state index contributed by atoms with van der Waals surface area (Å²) < 4.78 is 4.65. The number of carbonyl (C=O) groups excluding carboxylic acids is 2. The van der Waals surface area contributed by atoms with Crippen LogP contribution in [-0.4, -0.2) is 35.7 Å². The van der Waals surface area contributed by atoms with Crippen LogP contribution >= 0.6 is 11.6 Å². The summed E-state index contributed by atoms with van der Waals surface area (Å²) in [4.78, 5) is 23.9. The third-order valence-electron chi connectivity index (χ3n) is 3.22. The molecule has 7 nitrogen and oxygen atoms in total. The van der Waals surface area contributed by atoms with Crippen LogP contribution in [-0.2, 0) is 4.74 Å². The Hall–Kier alpha value is -2.67. The molecule has 0 radical (unpaired) electrons. The van der Waals surface area contributed by atoms with E-state index in [9.17, 15) is 9.59 Å². The zero-order valence-corrected chi connectivity index (χ0v) is 14.9. The molecule has 0 aliphatic rings. The Bertz CT molecular complexity index is 763. The fourth-order valence-electron chi connectivity index (χ4n) is 1.91. The minimum absolute atomic E-state index is 0.134. The van der Waals surface area contributed by atoms with E-state index in [1.54, 1.807) is 12.1 Å². The maximum atomic E-state index is 12.3. The molecule has 2 aromatic rings. The fourth-order valence-corrected chi connectivity index (χ4v) is 2.07. The molecule has 0 saturated carbocycles. The molecule has 0 unspecified atom stereocenters. The molecule has 1 amide bonds. The lowest BCUT2D eigenvalue weighted by molar-refractivity contribution is 0.0600. The second kappa shape index (κ2) is 8.43. The van der Waals surface area contributed by atoms with Crippen LogP contribution in [0.3, 0.4) is 0 Å². The third-order valence-corrected chi connectivity index (χ3v) is 3.55. The van der Waals surface area contributed by atoms with Crippen molar-refractivity contribution < 1.29 is 14.3 Å². The molecular formula is C17H19ClN4O3. The van der Waals surface area contributed by atoms with Crippen molar-refractivity contribution in [2.24, 2.45) is 5.92 Å². The molecule has 1 aromatic carbocycles. The molecule has 0 atom stereocenters. The summed E-state index contributed by atoms with van der Waals surface area (Å²) in [5.74, 6) is 0.0596. The number of esters is 1. The Morgan fingerprint density at radius 3 is 2.56 bits per heavy atom. The number of hydrogen-bond donors (Lipinski definition) is 2. The number of amides is 1. The Morgan fingerprint density at radius 2 is 1.96 bits per heavy atom. The van der Waals surface area contributed by atoms with Gasteiger partial charge in [-0.1, -0.05) is 25.4 Å². The molecule has 0 aliphatic heterocycles. The highest BCUT2D eigenvalue weighted by Gasteiger charge is 2.14. The minimum atomic E-state index is -0.521. The summed E-state index contributed by atoms with van der Waals surface area (Å²) in [5.41, 5.74) is 0.703. The van der Waals surface area contributed by atoms with Crippen LogP contribution in [0.25, 0.3) is 0 Å². The second-order valence-electron chi connectivity index (χ2n) is 5.72. The summed E-state index contributed by atoms with van der Waals surface area (Å²) in [6.45, 7) is 4.92. The predicted octanol–water partition coefficient (Wildman–Crippen LogP) is 3.24. The minimum Gasteiger partial charge on any atom is -0.465 e. The number of carbonyl (C=O) groups is 2. The van der Waals surface area contributed by atoms with Gasteiger partial charge in [-0.2, -0.15) is 0 Å². The first kappa shape index (κ1) is 18.7. The van der Waals surface area contributed by atoms with Gasteiger partial charge in [0, 0.05) is 6.54 Å². The number of nitrogens with one attached hydrogen (secondary N) is 2. The van der Waals surface area contributed by atoms with E-state index >= 15 is 0 Å². The van der Waals surface area contributed by atoms with Crippen LogP contribution in [0.2, 0.25) is 5.02 Å². The Labute approximate surface area is 150 Å². The fraction of sp³-hybridized carbons (Fsp3) is 0.294. The SMILES string of the molecule is COC(=O)c1ccc(Cl)c(NC(=O)c2ccc(NCC(C)C)nn2)c1. The molecule has 0 saturated heterocycles. The maximum Gasteiger partial charge on any atom is 0.337 e. The highest BCUT2D eigenvalue weighted by molar-refractivity contribution is 6.34. The molecule has 8 heteroatoms. The van der Waals surface area contributed by atoms with Gasteiger partial charge in [-0.3, -0.25) is 4.79 Å². The molecule has 132 valence electrons. The van der Waals surface area contributed by atoms with Gasteiger partial charge in [-0.25, -0.2) is 4.79 Å². The zero-order chi connectivity index (χ0) is 18.4. The molecule has 2 rings (SSSR count). The zero-order valence-electron chi connectivity index (χ0n) is 14.2. The van der Waals surface area contributed by atoms with Gasteiger partial charge in [0.2, 0.25) is 0 Å². The van der Waals surface area contributed by atoms with Gasteiger partial charge in [0.05, 0.1) is 23.4 Å². The molecule has 1 heterocycles. The molecule has 0 bridgehead atoms. The summed E-state index contributed by atoms with van der Waals surface area (Å²) in [7, 11) is 1.28. The van der Waals surface area contributed by atoms with Crippen LogP contribution in [0, 0.1) is 5.92 Å². The van der Waals surface area contributed by atoms with Crippen molar-refractivity contribution in [3.05, 3.63) is 46.6 Å². The van der Waals surface area contributed by atoms with E-state index in [1.165, 1.54) is 25.3 Å². The highest BCUT2D eigenvalue weighted by atomic mass is 35.5. The molecular weight excluding hydrogens is 344 g/mol. The van der Waals surface area contributed by atoms with E-state index in [-0.39, 0.29) is 11.3 Å². The van der Waals surface area contributed by atoms with Gasteiger partial charge in [0.1, 0.15) is 5.82 Å². The van der Waals surface area contributed by atoms with Crippen molar-refractivity contribution in [3.8, 4) is 0 Å². The third kappa shape index (κ3) is 5.15. The van der Waals surface area contributed by atoms with Gasteiger partial charge >= 0.3 is 5.97 Å². The van der Waals surface area contributed by atoms with Crippen molar-refractivity contribution in [1.29, 1.82) is 0 Å². The van der Waals surface area contributed by atoms with Crippen molar-refractivity contribution in [1.82, 2.24) is 10.2 Å². The average Bonchev–Trinajstić information content (AvgIpc) is 2.61. The van der Waals surface area contributed by atoms with E-state index in [0.717, 1.165) is 6.54 Å². The van der Waals surface area contributed by atoms with Crippen LogP contribution in [0.15, 0.2) is 30.3 Å². The first-order valence-corrected chi connectivity index (χ1v) is 8.05. The van der Waals surface area contributed by atoms with E-state index in [4.69, 9.17) is 11.6 Å². The number of aromatic nitrogens is 2. The van der Waals surface area contributed by atoms with E-state index in [0.29, 0.717) is 22.4 Å². The Morgan fingerprint density at radius 1 is 1.20 bits per heavy atom. The monoisotopic (exact) mass is 362 g/mol. The number of hydrogen-bond acceptors (Lipinski definition) is 6. The number of nitrogens with zero attached hydrogens (tertiary/aromatic N) is 2. The van der Waals surface area contributed by atoms with Crippen LogP contribution < -0.4 is 10.6 Å². The lowest BCUT2D eigenvalue weighted by Gasteiger charge is -2.09. The lowest BCUT2D eigenvalue weighted by Crippen LogP contribution is -2.16. The lowest BCUT2D eigenvalue weighted by atomic mass is 10.2. The average molecular weight is 363 g/mol. The second-order valence-corrected chi connectivity index (χ2v) is 6.13. The summed E-state index contributed by atoms with van der Waals surface area (Å²) in [5, 5.41) is 13.9. The van der Waals surface area contributed by atoms with Crippen molar-refractivity contribution in [2.75, 3.05) is 24.3 Å². The standard InChI is InChI=1S/C17H19ClN4O3/c1-10(2)9-19-15-7-6-13(21-22-15)16(23)20-14-8-11(17(24)25-3)4-5-12(14)18/h4-8,10H,9H2,1-3H3,(H,19,22)(H,20,23). The van der Waals surface area contributed by atoms with E-state index < -0.39 is 11.9 Å². The van der Waals surface area contributed by atoms with Crippen LogP contribution in [0.5, 0.6) is 0 Å². The first-order chi connectivity index (χ1) is 11.9. The quantitative estimate of drug-likeness (QED) is 0.766. The van der Waals surface area contributed by atoms with E-state index in [1.807, 2.05) is 0 Å². The van der Waals surface area contributed by atoms with Gasteiger partial charge in [0.25, 0.3) is 5.91 Å². The number of ether oxygens (including phenoxy) is 1.